The lowest BCUT2D eigenvalue weighted by Gasteiger charge is -2.25. The van der Waals surface area contributed by atoms with Crippen molar-refractivity contribution in [2.45, 2.75) is 12.6 Å². The van der Waals surface area contributed by atoms with Gasteiger partial charge in [-0.25, -0.2) is 4.39 Å². The molecule has 1 atom stereocenters. The van der Waals surface area contributed by atoms with Crippen LogP contribution in [-0.2, 0) is 6.54 Å². The van der Waals surface area contributed by atoms with E-state index in [1.807, 2.05) is 30.1 Å². The molecule has 1 unspecified atom stereocenters. The van der Waals surface area contributed by atoms with E-state index in [-0.39, 0.29) is 11.9 Å². The lowest BCUT2D eigenvalue weighted by Crippen LogP contribution is -2.30. The Morgan fingerprint density at radius 2 is 2.06 bits per heavy atom. The zero-order chi connectivity index (χ0) is 13.0. The number of nitrogens with zero attached hydrogens (tertiary/aromatic N) is 1. The summed E-state index contributed by atoms with van der Waals surface area (Å²) in [5.74, 6) is 0.607. The van der Waals surface area contributed by atoms with Crippen molar-refractivity contribution in [3.05, 3.63) is 59.8 Å². The minimum atomic E-state index is -0.195. The Morgan fingerprint density at radius 3 is 2.67 bits per heavy atom. The zero-order valence-corrected chi connectivity index (χ0v) is 10.3. The SMILES string of the molecule is CN(Cc1ccccc1F)C(CN)c1ccco1. The maximum Gasteiger partial charge on any atom is 0.127 e. The molecule has 0 bridgehead atoms. The van der Waals surface area contributed by atoms with Gasteiger partial charge in [0.25, 0.3) is 0 Å². The van der Waals surface area contributed by atoms with E-state index < -0.39 is 0 Å². The maximum absolute atomic E-state index is 13.6. The second-order valence-electron chi connectivity index (χ2n) is 4.27. The van der Waals surface area contributed by atoms with Crippen LogP contribution < -0.4 is 5.73 Å². The molecular formula is C14H17FN2O. The number of hydrogen-bond acceptors (Lipinski definition) is 3. The van der Waals surface area contributed by atoms with Gasteiger partial charge in [-0.05, 0) is 25.2 Å². The van der Waals surface area contributed by atoms with Crippen molar-refractivity contribution in [2.75, 3.05) is 13.6 Å². The number of halogens is 1. The first-order valence-corrected chi connectivity index (χ1v) is 5.89. The van der Waals surface area contributed by atoms with Gasteiger partial charge in [-0.15, -0.1) is 0 Å². The standard InChI is InChI=1S/C14H17FN2O/c1-17(10-11-5-2-3-6-12(11)15)13(9-16)14-7-4-8-18-14/h2-8,13H,9-10,16H2,1H3. The van der Waals surface area contributed by atoms with Gasteiger partial charge in [0.15, 0.2) is 0 Å². The Labute approximate surface area is 106 Å². The van der Waals surface area contributed by atoms with E-state index in [1.165, 1.54) is 6.07 Å². The van der Waals surface area contributed by atoms with Crippen LogP contribution in [0.15, 0.2) is 47.1 Å². The average molecular weight is 248 g/mol. The average Bonchev–Trinajstić information content (AvgIpc) is 2.87. The predicted octanol–water partition coefficient (Wildman–Crippen LogP) is 2.55. The molecular weight excluding hydrogens is 231 g/mol. The summed E-state index contributed by atoms with van der Waals surface area (Å²) in [7, 11) is 1.91. The monoisotopic (exact) mass is 248 g/mol. The number of hydrogen-bond donors (Lipinski definition) is 1. The smallest absolute Gasteiger partial charge is 0.127 e. The molecule has 0 amide bonds. The molecule has 0 aliphatic rings. The fourth-order valence-electron chi connectivity index (χ4n) is 2.00. The summed E-state index contributed by atoms with van der Waals surface area (Å²) >= 11 is 0. The molecule has 0 spiro atoms. The fraction of sp³-hybridized carbons (Fsp3) is 0.286. The van der Waals surface area contributed by atoms with E-state index in [2.05, 4.69) is 0 Å². The van der Waals surface area contributed by atoms with Crippen molar-refractivity contribution >= 4 is 0 Å². The van der Waals surface area contributed by atoms with Crippen molar-refractivity contribution in [1.82, 2.24) is 4.90 Å². The highest BCUT2D eigenvalue weighted by Gasteiger charge is 2.18. The number of likely N-dealkylation sites (N-methyl/N-ethyl adjacent to an activating group) is 1. The molecule has 1 aromatic heterocycles. The van der Waals surface area contributed by atoms with Crippen molar-refractivity contribution in [3.63, 3.8) is 0 Å². The molecule has 3 nitrogen and oxygen atoms in total. The number of furan rings is 1. The van der Waals surface area contributed by atoms with E-state index in [0.29, 0.717) is 18.7 Å². The molecule has 1 heterocycles. The molecule has 0 saturated heterocycles. The van der Waals surface area contributed by atoms with E-state index in [4.69, 9.17) is 10.2 Å². The second kappa shape index (κ2) is 5.80. The van der Waals surface area contributed by atoms with Gasteiger partial charge in [0.05, 0.1) is 12.3 Å². The maximum atomic E-state index is 13.6. The molecule has 96 valence electrons. The molecule has 1 aromatic carbocycles. The molecule has 0 fully saturated rings. The van der Waals surface area contributed by atoms with Crippen molar-refractivity contribution in [2.24, 2.45) is 5.73 Å². The van der Waals surface area contributed by atoms with Crippen molar-refractivity contribution < 1.29 is 8.81 Å². The summed E-state index contributed by atoms with van der Waals surface area (Å²) in [5.41, 5.74) is 6.42. The molecule has 0 aliphatic heterocycles. The van der Waals surface area contributed by atoms with Crippen LogP contribution in [0.4, 0.5) is 4.39 Å². The highest BCUT2D eigenvalue weighted by atomic mass is 19.1. The van der Waals surface area contributed by atoms with Crippen LogP contribution >= 0.6 is 0 Å². The highest BCUT2D eigenvalue weighted by Crippen LogP contribution is 2.21. The molecule has 2 aromatic rings. The van der Waals surface area contributed by atoms with Crippen LogP contribution in [-0.4, -0.2) is 18.5 Å². The van der Waals surface area contributed by atoms with Gasteiger partial charge in [0.2, 0.25) is 0 Å². The van der Waals surface area contributed by atoms with Crippen LogP contribution in [0.2, 0.25) is 0 Å². The molecule has 0 radical (unpaired) electrons. The van der Waals surface area contributed by atoms with Gasteiger partial charge in [0.1, 0.15) is 11.6 Å². The van der Waals surface area contributed by atoms with Crippen LogP contribution in [0, 0.1) is 5.82 Å². The third-order valence-electron chi connectivity index (χ3n) is 3.00. The first-order valence-electron chi connectivity index (χ1n) is 5.89. The first kappa shape index (κ1) is 12.8. The Morgan fingerprint density at radius 1 is 1.28 bits per heavy atom. The lowest BCUT2D eigenvalue weighted by molar-refractivity contribution is 0.210. The number of benzene rings is 1. The van der Waals surface area contributed by atoms with E-state index in [9.17, 15) is 4.39 Å². The molecule has 4 heteroatoms. The van der Waals surface area contributed by atoms with Crippen LogP contribution in [0.3, 0.4) is 0 Å². The van der Waals surface area contributed by atoms with E-state index in [1.54, 1.807) is 18.4 Å². The molecule has 18 heavy (non-hydrogen) atoms. The second-order valence-corrected chi connectivity index (χ2v) is 4.27. The zero-order valence-electron chi connectivity index (χ0n) is 10.3. The minimum absolute atomic E-state index is 0.0420. The minimum Gasteiger partial charge on any atom is -0.468 e. The van der Waals surface area contributed by atoms with Gasteiger partial charge in [-0.2, -0.15) is 0 Å². The number of nitrogens with two attached hydrogens (primary N) is 1. The highest BCUT2D eigenvalue weighted by molar-refractivity contribution is 5.17. The van der Waals surface area contributed by atoms with Gasteiger partial charge in [0, 0.05) is 18.7 Å². The largest absolute Gasteiger partial charge is 0.468 e. The molecule has 2 N–H and O–H groups in total. The van der Waals surface area contributed by atoms with E-state index >= 15 is 0 Å². The summed E-state index contributed by atoms with van der Waals surface area (Å²) in [6.07, 6.45) is 1.62. The Hall–Kier alpha value is -1.65. The Kier molecular flexibility index (Phi) is 4.12. The van der Waals surface area contributed by atoms with Crippen molar-refractivity contribution in [1.29, 1.82) is 0 Å². The summed E-state index contributed by atoms with van der Waals surface area (Å²) < 4.78 is 18.9. The molecule has 0 saturated carbocycles. The van der Waals surface area contributed by atoms with Crippen LogP contribution in [0.1, 0.15) is 17.4 Å². The normalized spacial score (nSPS) is 12.9. The van der Waals surface area contributed by atoms with Crippen molar-refractivity contribution in [3.8, 4) is 0 Å². The topological polar surface area (TPSA) is 42.4 Å². The first-order chi connectivity index (χ1) is 8.72. The Bertz CT molecular complexity index is 484. The van der Waals surface area contributed by atoms with Gasteiger partial charge >= 0.3 is 0 Å². The summed E-state index contributed by atoms with van der Waals surface area (Å²) in [6.45, 7) is 0.924. The number of rotatable bonds is 5. The third kappa shape index (κ3) is 2.78. The van der Waals surface area contributed by atoms with E-state index in [0.717, 1.165) is 5.76 Å². The predicted molar refractivity (Wildman–Crippen MR) is 68.4 cm³/mol. The summed E-state index contributed by atoms with van der Waals surface area (Å²) in [6, 6.07) is 10.4. The quantitative estimate of drug-likeness (QED) is 0.884. The van der Waals surface area contributed by atoms with Crippen LogP contribution in [0.5, 0.6) is 0 Å². The van der Waals surface area contributed by atoms with Gasteiger partial charge in [-0.3, -0.25) is 4.90 Å². The molecule has 0 aliphatic carbocycles. The lowest BCUT2D eigenvalue weighted by atomic mass is 10.1. The van der Waals surface area contributed by atoms with Gasteiger partial charge < -0.3 is 10.2 Å². The Balaban J connectivity index is 2.11. The summed E-state index contributed by atoms with van der Waals surface area (Å²) in [4.78, 5) is 1.98. The van der Waals surface area contributed by atoms with Crippen LogP contribution in [0.25, 0.3) is 0 Å². The third-order valence-corrected chi connectivity index (χ3v) is 3.00. The fourth-order valence-corrected chi connectivity index (χ4v) is 2.00. The van der Waals surface area contributed by atoms with Gasteiger partial charge in [-0.1, -0.05) is 18.2 Å². The molecule has 2 rings (SSSR count). The summed E-state index contributed by atoms with van der Waals surface area (Å²) in [5, 5.41) is 0.